The number of hydrogen-bond donors (Lipinski definition) is 2. The van der Waals surface area contributed by atoms with E-state index >= 15 is 0 Å². The Labute approximate surface area is 161 Å². The Balaban J connectivity index is 1.50. The molecule has 9 heteroatoms. The summed E-state index contributed by atoms with van der Waals surface area (Å²) >= 11 is 0. The molecule has 150 valence electrons. The third-order valence-electron chi connectivity index (χ3n) is 4.83. The number of rotatable bonds is 4. The number of carbonyl (C=O) groups excluding carboxylic acids is 1. The normalized spacial score (nSPS) is 13.1. The summed E-state index contributed by atoms with van der Waals surface area (Å²) in [5.74, 6) is -6.01. The lowest BCUT2D eigenvalue weighted by Crippen LogP contribution is -2.46. The summed E-state index contributed by atoms with van der Waals surface area (Å²) in [6.45, 7) is -1.82. The van der Waals surface area contributed by atoms with Crippen molar-refractivity contribution in [2.24, 2.45) is 0 Å². The molecule has 1 aliphatic carbocycles. The molecule has 0 fully saturated rings. The van der Waals surface area contributed by atoms with Gasteiger partial charge in [0, 0.05) is 28.7 Å². The maximum absolute atomic E-state index is 12.9. The van der Waals surface area contributed by atoms with Crippen molar-refractivity contribution in [3.05, 3.63) is 65.2 Å². The third kappa shape index (κ3) is 3.37. The topological polar surface area (TPSA) is 57.8 Å². The van der Waals surface area contributed by atoms with Gasteiger partial charge in [0.2, 0.25) is 0 Å². The van der Waals surface area contributed by atoms with Crippen molar-refractivity contribution in [3.63, 3.8) is 0 Å². The van der Waals surface area contributed by atoms with Crippen LogP contribution in [-0.2, 0) is 6.42 Å². The summed E-state index contributed by atoms with van der Waals surface area (Å²) < 4.78 is 62.5. The van der Waals surface area contributed by atoms with Gasteiger partial charge < -0.3 is 5.32 Å². The maximum atomic E-state index is 12.9. The molecule has 1 amide bonds. The number of carbonyl (C=O) groups is 1. The van der Waals surface area contributed by atoms with Crippen LogP contribution in [0.1, 0.15) is 21.5 Å². The van der Waals surface area contributed by atoms with Crippen LogP contribution in [-0.4, -0.2) is 34.7 Å². The Kier molecular flexibility index (Phi) is 4.40. The SMILES string of the molecule is O=C(NCC(F)(F)C(F)(F)F)c1ccc(-c2n[nH]c3c2Cc2ccccc2-3)cc1. The van der Waals surface area contributed by atoms with E-state index in [0.717, 1.165) is 16.8 Å². The maximum Gasteiger partial charge on any atom is 0.455 e. The molecular weight excluding hydrogens is 393 g/mol. The van der Waals surface area contributed by atoms with Crippen LogP contribution in [0.15, 0.2) is 48.5 Å². The molecule has 4 nitrogen and oxygen atoms in total. The fourth-order valence-electron chi connectivity index (χ4n) is 3.28. The van der Waals surface area contributed by atoms with Gasteiger partial charge in [-0.25, -0.2) is 0 Å². The zero-order valence-corrected chi connectivity index (χ0v) is 14.8. The molecule has 0 spiro atoms. The van der Waals surface area contributed by atoms with Crippen molar-refractivity contribution in [1.29, 1.82) is 0 Å². The van der Waals surface area contributed by atoms with E-state index in [0.29, 0.717) is 17.7 Å². The van der Waals surface area contributed by atoms with E-state index in [-0.39, 0.29) is 5.56 Å². The molecule has 0 atom stereocenters. The Bertz CT molecular complexity index is 1070. The molecule has 3 aromatic rings. The number of alkyl halides is 5. The van der Waals surface area contributed by atoms with Crippen LogP contribution in [0, 0.1) is 0 Å². The van der Waals surface area contributed by atoms with Crippen LogP contribution in [0.25, 0.3) is 22.5 Å². The molecule has 1 aliphatic rings. The summed E-state index contributed by atoms with van der Waals surface area (Å²) in [6.07, 6.45) is -5.02. The van der Waals surface area contributed by atoms with E-state index < -0.39 is 24.6 Å². The number of nitrogens with zero attached hydrogens (tertiary/aromatic N) is 1. The highest BCUT2D eigenvalue weighted by Gasteiger charge is 2.57. The largest absolute Gasteiger partial charge is 0.455 e. The van der Waals surface area contributed by atoms with Crippen molar-refractivity contribution in [3.8, 4) is 22.5 Å². The number of amides is 1. The van der Waals surface area contributed by atoms with Gasteiger partial charge in [-0.1, -0.05) is 36.4 Å². The van der Waals surface area contributed by atoms with Crippen LogP contribution in [0.5, 0.6) is 0 Å². The minimum atomic E-state index is -5.72. The van der Waals surface area contributed by atoms with Gasteiger partial charge in [-0.2, -0.15) is 27.1 Å². The highest BCUT2D eigenvalue weighted by molar-refractivity contribution is 5.94. The third-order valence-corrected chi connectivity index (χ3v) is 4.83. The number of aromatic nitrogens is 2. The minimum absolute atomic E-state index is 0.0257. The summed E-state index contributed by atoms with van der Waals surface area (Å²) in [4.78, 5) is 11.9. The monoisotopic (exact) mass is 407 g/mol. The molecule has 0 saturated carbocycles. The number of benzene rings is 2. The first-order valence-corrected chi connectivity index (χ1v) is 8.66. The molecular formula is C20H14F5N3O. The fourth-order valence-corrected chi connectivity index (χ4v) is 3.28. The summed E-state index contributed by atoms with van der Waals surface area (Å²) in [5.41, 5.74) is 5.54. The van der Waals surface area contributed by atoms with Crippen LogP contribution in [0.2, 0.25) is 0 Å². The second kappa shape index (κ2) is 6.68. The first kappa shape index (κ1) is 19.1. The Morgan fingerprint density at radius 2 is 1.72 bits per heavy atom. The van der Waals surface area contributed by atoms with Gasteiger partial charge >= 0.3 is 12.1 Å². The molecule has 2 aromatic carbocycles. The van der Waals surface area contributed by atoms with Crippen LogP contribution >= 0.6 is 0 Å². The average Bonchev–Trinajstić information content (AvgIpc) is 3.24. The number of aromatic amines is 1. The summed E-state index contributed by atoms with van der Waals surface area (Å²) in [6, 6.07) is 13.8. The van der Waals surface area contributed by atoms with Crippen molar-refractivity contribution in [2.75, 3.05) is 6.54 Å². The van der Waals surface area contributed by atoms with Crippen molar-refractivity contribution >= 4 is 5.91 Å². The van der Waals surface area contributed by atoms with Gasteiger partial charge in [0.15, 0.2) is 0 Å². The molecule has 0 saturated heterocycles. The first-order chi connectivity index (χ1) is 13.7. The van der Waals surface area contributed by atoms with Crippen molar-refractivity contribution in [1.82, 2.24) is 15.5 Å². The van der Waals surface area contributed by atoms with Crippen LogP contribution in [0.4, 0.5) is 22.0 Å². The number of nitrogens with one attached hydrogen (secondary N) is 2. The molecule has 29 heavy (non-hydrogen) atoms. The van der Waals surface area contributed by atoms with Gasteiger partial charge in [-0.15, -0.1) is 0 Å². The zero-order chi connectivity index (χ0) is 20.8. The van der Waals surface area contributed by atoms with Crippen LogP contribution < -0.4 is 5.32 Å². The van der Waals surface area contributed by atoms with E-state index in [1.165, 1.54) is 17.7 Å². The Hall–Kier alpha value is -3.23. The van der Waals surface area contributed by atoms with E-state index in [2.05, 4.69) is 10.2 Å². The number of H-pyrrole nitrogens is 1. The first-order valence-electron chi connectivity index (χ1n) is 8.66. The Morgan fingerprint density at radius 3 is 2.41 bits per heavy atom. The van der Waals surface area contributed by atoms with Crippen LogP contribution in [0.3, 0.4) is 0 Å². The zero-order valence-electron chi connectivity index (χ0n) is 14.8. The molecule has 4 rings (SSSR count). The standard InChI is InChI=1S/C20H14F5N3O/c21-19(22,20(23,24)25)10-26-18(29)12-7-5-11(6-8-12)16-15-9-13-3-1-2-4-14(13)17(15)28-27-16/h1-8H,9-10H2,(H,26,29)(H,27,28). The molecule has 2 N–H and O–H groups in total. The highest BCUT2D eigenvalue weighted by Crippen LogP contribution is 2.39. The van der Waals surface area contributed by atoms with E-state index in [4.69, 9.17) is 0 Å². The lowest BCUT2D eigenvalue weighted by Gasteiger charge is -2.19. The summed E-state index contributed by atoms with van der Waals surface area (Å²) in [5, 5.41) is 8.96. The molecule has 0 bridgehead atoms. The molecule has 1 aromatic heterocycles. The lowest BCUT2D eigenvalue weighted by molar-refractivity contribution is -0.278. The number of hydrogen-bond acceptors (Lipinski definition) is 2. The number of halogens is 5. The van der Waals surface area contributed by atoms with Gasteiger partial charge in [-0.05, 0) is 17.7 Å². The Morgan fingerprint density at radius 1 is 1.03 bits per heavy atom. The lowest BCUT2D eigenvalue weighted by atomic mass is 10.0. The van der Waals surface area contributed by atoms with Crippen molar-refractivity contribution in [2.45, 2.75) is 18.5 Å². The molecule has 0 radical (unpaired) electrons. The van der Waals surface area contributed by atoms with E-state index in [1.54, 1.807) is 17.4 Å². The van der Waals surface area contributed by atoms with Crippen molar-refractivity contribution < 1.29 is 26.7 Å². The second-order valence-corrected chi connectivity index (χ2v) is 6.72. The van der Waals surface area contributed by atoms with E-state index in [9.17, 15) is 26.7 Å². The van der Waals surface area contributed by atoms with Gasteiger partial charge in [0.1, 0.15) is 0 Å². The molecule has 1 heterocycles. The predicted molar refractivity (Wildman–Crippen MR) is 95.6 cm³/mol. The molecule has 0 unspecified atom stereocenters. The van der Waals surface area contributed by atoms with E-state index in [1.807, 2.05) is 24.3 Å². The summed E-state index contributed by atoms with van der Waals surface area (Å²) in [7, 11) is 0. The second-order valence-electron chi connectivity index (χ2n) is 6.72. The average molecular weight is 407 g/mol. The van der Waals surface area contributed by atoms with Gasteiger partial charge in [0.25, 0.3) is 5.91 Å². The predicted octanol–water partition coefficient (Wildman–Crippen LogP) is 4.58. The highest BCUT2D eigenvalue weighted by atomic mass is 19.4. The molecule has 0 aliphatic heterocycles. The minimum Gasteiger partial charge on any atom is -0.346 e. The number of fused-ring (bicyclic) bond motifs is 3. The van der Waals surface area contributed by atoms with Gasteiger partial charge in [-0.3, -0.25) is 9.89 Å². The van der Waals surface area contributed by atoms with Gasteiger partial charge in [0.05, 0.1) is 17.9 Å². The fraction of sp³-hybridized carbons (Fsp3) is 0.200. The smallest absolute Gasteiger partial charge is 0.346 e. The quantitative estimate of drug-likeness (QED) is 0.487.